The van der Waals surface area contributed by atoms with Crippen molar-refractivity contribution in [2.75, 3.05) is 19.7 Å². The summed E-state index contributed by atoms with van der Waals surface area (Å²) in [4.78, 5) is 10.3. The number of aliphatic hydroxyl groups excluding tert-OH is 1. The zero-order valence-corrected chi connectivity index (χ0v) is 5.81. The van der Waals surface area contributed by atoms with Crippen molar-refractivity contribution < 1.29 is 18.7 Å². The first-order valence-corrected chi connectivity index (χ1v) is 2.97. The Morgan fingerprint density at radius 1 is 1.64 bits per heavy atom. The maximum absolute atomic E-state index is 12.1. The Kier molecular flexibility index (Phi) is 3.91. The van der Waals surface area contributed by atoms with E-state index in [4.69, 9.17) is 10.8 Å². The van der Waals surface area contributed by atoms with Gasteiger partial charge < -0.3 is 16.2 Å². The Hall–Kier alpha value is -0.750. The quantitative estimate of drug-likeness (QED) is 0.487. The Morgan fingerprint density at radius 3 is 2.55 bits per heavy atom. The van der Waals surface area contributed by atoms with E-state index in [0.717, 1.165) is 0 Å². The number of rotatable bonds is 4. The van der Waals surface area contributed by atoms with Crippen LogP contribution in [0.1, 0.15) is 0 Å². The number of hydrogen-bond acceptors (Lipinski definition) is 3. The fraction of sp³-hybridized carbons (Fsp3) is 0.800. The summed E-state index contributed by atoms with van der Waals surface area (Å²) in [6.45, 7) is -2.49. The number of nitrogens with two attached hydrogens (primary N) is 1. The van der Waals surface area contributed by atoms with E-state index >= 15 is 0 Å². The predicted octanol–water partition coefficient (Wildman–Crippen LogP) is -1.31. The first kappa shape index (κ1) is 10.2. The molecule has 0 aromatic heterocycles. The number of nitrogens with one attached hydrogen (secondary N) is 1. The molecular formula is C5H10F2N2O2. The van der Waals surface area contributed by atoms with Crippen LogP contribution >= 0.6 is 0 Å². The Labute approximate surface area is 62.4 Å². The minimum atomic E-state index is -3.26. The zero-order chi connectivity index (χ0) is 8.91. The predicted molar refractivity (Wildman–Crippen MR) is 34.1 cm³/mol. The number of carbonyl (C=O) groups excluding carboxylic acids is 1. The van der Waals surface area contributed by atoms with Gasteiger partial charge in [-0.15, -0.1) is 0 Å². The van der Waals surface area contributed by atoms with E-state index in [1.807, 2.05) is 5.32 Å². The molecule has 0 unspecified atom stereocenters. The second-order valence-corrected chi connectivity index (χ2v) is 1.99. The number of hydrogen-bond donors (Lipinski definition) is 3. The van der Waals surface area contributed by atoms with Gasteiger partial charge >= 0.3 is 0 Å². The molecule has 0 heterocycles. The van der Waals surface area contributed by atoms with Crippen LogP contribution < -0.4 is 11.1 Å². The van der Waals surface area contributed by atoms with Gasteiger partial charge in [0.25, 0.3) is 5.92 Å². The highest BCUT2D eigenvalue weighted by Gasteiger charge is 2.27. The summed E-state index contributed by atoms with van der Waals surface area (Å²) in [7, 11) is 0. The van der Waals surface area contributed by atoms with Crippen molar-refractivity contribution in [3.05, 3.63) is 0 Å². The van der Waals surface area contributed by atoms with E-state index in [0.29, 0.717) is 0 Å². The lowest BCUT2D eigenvalue weighted by atomic mass is 10.3. The Bertz CT molecular complexity index is 140. The van der Waals surface area contributed by atoms with Gasteiger partial charge in [-0.25, -0.2) is 8.78 Å². The van der Waals surface area contributed by atoms with Gasteiger partial charge in [0.15, 0.2) is 0 Å². The van der Waals surface area contributed by atoms with Crippen LogP contribution in [0.3, 0.4) is 0 Å². The van der Waals surface area contributed by atoms with Crippen molar-refractivity contribution in [3.8, 4) is 0 Å². The Morgan fingerprint density at radius 2 is 2.18 bits per heavy atom. The highest BCUT2D eigenvalue weighted by molar-refractivity contribution is 5.77. The minimum Gasteiger partial charge on any atom is -0.390 e. The largest absolute Gasteiger partial charge is 0.390 e. The van der Waals surface area contributed by atoms with E-state index in [9.17, 15) is 13.6 Å². The molecule has 11 heavy (non-hydrogen) atoms. The van der Waals surface area contributed by atoms with Crippen LogP contribution in [0.25, 0.3) is 0 Å². The first-order chi connectivity index (χ1) is 5.02. The van der Waals surface area contributed by atoms with Crippen LogP contribution in [0.5, 0.6) is 0 Å². The smallest absolute Gasteiger partial charge is 0.287 e. The Balaban J connectivity index is 3.61. The van der Waals surface area contributed by atoms with E-state index < -0.39 is 25.0 Å². The average Bonchev–Trinajstić information content (AvgIpc) is 2.00. The van der Waals surface area contributed by atoms with Gasteiger partial charge in [-0.3, -0.25) is 4.79 Å². The summed E-state index contributed by atoms with van der Waals surface area (Å²) in [6.07, 6.45) is 0. The molecule has 0 atom stereocenters. The lowest BCUT2D eigenvalue weighted by Gasteiger charge is -2.12. The van der Waals surface area contributed by atoms with Crippen molar-refractivity contribution in [3.63, 3.8) is 0 Å². The van der Waals surface area contributed by atoms with Crippen LogP contribution in [0.15, 0.2) is 0 Å². The summed E-state index contributed by atoms with van der Waals surface area (Å²) >= 11 is 0. The minimum absolute atomic E-state index is 0.332. The van der Waals surface area contributed by atoms with Crippen molar-refractivity contribution in [1.29, 1.82) is 0 Å². The number of amides is 1. The molecule has 0 aliphatic heterocycles. The summed E-state index contributed by atoms with van der Waals surface area (Å²) in [5.41, 5.74) is 4.82. The molecule has 0 rings (SSSR count). The van der Waals surface area contributed by atoms with Crippen molar-refractivity contribution in [1.82, 2.24) is 5.32 Å². The SMILES string of the molecule is NCC(=O)NCC(F)(F)CO. The third-order valence-electron chi connectivity index (χ3n) is 0.961. The lowest BCUT2D eigenvalue weighted by molar-refractivity contribution is -0.122. The molecule has 0 radical (unpaired) electrons. The van der Waals surface area contributed by atoms with E-state index in [-0.39, 0.29) is 6.54 Å². The summed E-state index contributed by atoms with van der Waals surface area (Å²) < 4.78 is 24.3. The normalized spacial score (nSPS) is 11.3. The monoisotopic (exact) mass is 168 g/mol. The fourth-order valence-corrected chi connectivity index (χ4v) is 0.356. The molecule has 0 spiro atoms. The molecule has 4 nitrogen and oxygen atoms in total. The molecule has 1 amide bonds. The molecule has 0 saturated carbocycles. The number of alkyl halides is 2. The van der Waals surface area contributed by atoms with E-state index in [1.165, 1.54) is 0 Å². The third-order valence-corrected chi connectivity index (χ3v) is 0.961. The summed E-state index contributed by atoms with van der Waals surface area (Å²) in [5.74, 6) is -3.93. The second kappa shape index (κ2) is 4.20. The fourth-order valence-electron chi connectivity index (χ4n) is 0.356. The highest BCUT2D eigenvalue weighted by Crippen LogP contribution is 2.09. The maximum Gasteiger partial charge on any atom is 0.287 e. The summed E-state index contributed by atoms with van der Waals surface area (Å²) in [5, 5.41) is 9.90. The van der Waals surface area contributed by atoms with Gasteiger partial charge in [-0.1, -0.05) is 0 Å². The van der Waals surface area contributed by atoms with Crippen molar-refractivity contribution in [2.24, 2.45) is 5.73 Å². The molecule has 66 valence electrons. The molecule has 0 aromatic carbocycles. The van der Waals surface area contributed by atoms with E-state index in [1.54, 1.807) is 0 Å². The molecule has 0 fully saturated rings. The van der Waals surface area contributed by atoms with Gasteiger partial charge in [0.05, 0.1) is 13.1 Å². The van der Waals surface area contributed by atoms with Crippen molar-refractivity contribution >= 4 is 5.91 Å². The second-order valence-electron chi connectivity index (χ2n) is 1.99. The first-order valence-electron chi connectivity index (χ1n) is 2.97. The van der Waals surface area contributed by atoms with E-state index in [2.05, 4.69) is 0 Å². The highest BCUT2D eigenvalue weighted by atomic mass is 19.3. The van der Waals surface area contributed by atoms with Crippen molar-refractivity contribution in [2.45, 2.75) is 5.92 Å². The molecule has 0 aliphatic carbocycles. The molecule has 0 saturated heterocycles. The standard InChI is InChI=1S/C5H10F2N2O2/c6-5(7,3-10)2-9-4(11)1-8/h10H,1-3,8H2,(H,9,11). The van der Waals surface area contributed by atoms with Crippen LogP contribution in [-0.4, -0.2) is 36.6 Å². The molecule has 0 aromatic rings. The van der Waals surface area contributed by atoms with Gasteiger partial charge in [0, 0.05) is 0 Å². The molecule has 6 heteroatoms. The third kappa shape index (κ3) is 4.63. The topological polar surface area (TPSA) is 75.4 Å². The van der Waals surface area contributed by atoms with Crippen LogP contribution in [0, 0.1) is 0 Å². The number of carbonyl (C=O) groups is 1. The van der Waals surface area contributed by atoms with Crippen LogP contribution in [0.4, 0.5) is 8.78 Å². The zero-order valence-electron chi connectivity index (χ0n) is 5.81. The van der Waals surface area contributed by atoms with Crippen LogP contribution in [-0.2, 0) is 4.79 Å². The maximum atomic E-state index is 12.1. The molecule has 0 aliphatic rings. The van der Waals surface area contributed by atoms with Gasteiger partial charge in [0.2, 0.25) is 5.91 Å². The van der Waals surface area contributed by atoms with Gasteiger partial charge in [0.1, 0.15) is 6.61 Å². The van der Waals surface area contributed by atoms with Gasteiger partial charge in [-0.05, 0) is 0 Å². The molecular weight excluding hydrogens is 158 g/mol. The van der Waals surface area contributed by atoms with Crippen LogP contribution in [0.2, 0.25) is 0 Å². The lowest BCUT2D eigenvalue weighted by Crippen LogP contribution is -2.41. The summed E-state index contributed by atoms with van der Waals surface area (Å²) in [6, 6.07) is 0. The number of aliphatic hydroxyl groups is 1. The number of halogens is 2. The average molecular weight is 168 g/mol. The van der Waals surface area contributed by atoms with Gasteiger partial charge in [-0.2, -0.15) is 0 Å². The molecule has 0 bridgehead atoms. The molecule has 4 N–H and O–H groups in total.